The van der Waals surface area contributed by atoms with Crippen molar-refractivity contribution in [3.8, 4) is 5.75 Å². The van der Waals surface area contributed by atoms with Gasteiger partial charge in [-0.15, -0.1) is 0 Å². The molecule has 3 amide bonds. The summed E-state index contributed by atoms with van der Waals surface area (Å²) in [4.78, 5) is 44.5. The number of likely N-dealkylation sites (tertiary alicyclic amines) is 1. The van der Waals surface area contributed by atoms with Crippen molar-refractivity contribution in [2.45, 2.75) is 65.7 Å². The molecule has 4 rings (SSSR count). The van der Waals surface area contributed by atoms with E-state index in [0.717, 1.165) is 22.2 Å². The van der Waals surface area contributed by atoms with E-state index in [0.29, 0.717) is 17.9 Å². The van der Waals surface area contributed by atoms with Crippen LogP contribution in [0.1, 0.15) is 62.2 Å². The average Bonchev–Trinajstić information content (AvgIpc) is 2.94. The minimum atomic E-state index is -1.10. The van der Waals surface area contributed by atoms with Gasteiger partial charge >= 0.3 is 6.09 Å². The summed E-state index contributed by atoms with van der Waals surface area (Å²) >= 11 is 0. The van der Waals surface area contributed by atoms with Crippen LogP contribution in [-0.4, -0.2) is 57.7 Å². The largest absolute Gasteiger partial charge is 0.489 e. The summed E-state index contributed by atoms with van der Waals surface area (Å²) in [6, 6.07) is 16.1. The molecule has 1 aliphatic heterocycles. The Bertz CT molecular complexity index is 1410. The molecule has 1 aromatic heterocycles. The van der Waals surface area contributed by atoms with Gasteiger partial charge in [0.15, 0.2) is 0 Å². The second-order valence-corrected chi connectivity index (χ2v) is 11.5. The average molecular weight is 563 g/mol. The van der Waals surface area contributed by atoms with Crippen LogP contribution in [0.4, 0.5) is 4.79 Å². The molecule has 10 heteroatoms. The Morgan fingerprint density at radius 2 is 1.73 bits per heavy atom. The number of nitrogens with zero attached hydrogens (tertiary/aromatic N) is 2. The molecule has 3 N–H and O–H groups in total. The molecular weight excluding hydrogens is 524 g/mol. The van der Waals surface area contributed by atoms with Gasteiger partial charge in [-0.05, 0) is 83.9 Å². The fourth-order valence-electron chi connectivity index (χ4n) is 5.18. The molecule has 1 atom stereocenters. The van der Waals surface area contributed by atoms with Crippen LogP contribution in [0.15, 0.2) is 54.6 Å². The SMILES string of the molecule is Cc1cc(COc2ccc(C(=O)NC(C)C3(C(=O)NO)CCN(C(=O)OC(C)(C)C)CC3)cc2)c2ccccc2n1. The van der Waals surface area contributed by atoms with Crippen molar-refractivity contribution in [2.75, 3.05) is 13.1 Å². The van der Waals surface area contributed by atoms with Crippen LogP contribution >= 0.6 is 0 Å². The summed E-state index contributed by atoms with van der Waals surface area (Å²) in [5.74, 6) is -0.352. The van der Waals surface area contributed by atoms with Gasteiger partial charge in [0.25, 0.3) is 11.8 Å². The number of nitrogens with one attached hydrogen (secondary N) is 2. The number of pyridine rings is 1. The number of amides is 3. The second kappa shape index (κ2) is 12.1. The molecule has 218 valence electrons. The Labute approximate surface area is 240 Å². The number of fused-ring (bicyclic) bond motifs is 1. The Morgan fingerprint density at radius 3 is 2.37 bits per heavy atom. The zero-order chi connectivity index (χ0) is 29.8. The molecule has 3 aromatic rings. The first-order chi connectivity index (χ1) is 19.4. The molecule has 2 heterocycles. The highest BCUT2D eigenvalue weighted by atomic mass is 16.6. The first kappa shape index (κ1) is 29.8. The van der Waals surface area contributed by atoms with Crippen molar-refractivity contribution in [1.29, 1.82) is 0 Å². The predicted octanol–water partition coefficient (Wildman–Crippen LogP) is 4.76. The summed E-state index contributed by atoms with van der Waals surface area (Å²) in [6.45, 7) is 9.90. The topological polar surface area (TPSA) is 130 Å². The van der Waals surface area contributed by atoms with E-state index in [2.05, 4.69) is 10.3 Å². The lowest BCUT2D eigenvalue weighted by Gasteiger charge is -2.43. The van der Waals surface area contributed by atoms with Crippen molar-refractivity contribution in [2.24, 2.45) is 5.41 Å². The molecule has 1 fully saturated rings. The number of hydrogen-bond acceptors (Lipinski definition) is 7. The number of aryl methyl sites for hydroxylation is 1. The fourth-order valence-corrected chi connectivity index (χ4v) is 5.18. The van der Waals surface area contributed by atoms with Crippen molar-refractivity contribution < 1.29 is 29.1 Å². The number of carbonyl (C=O) groups excluding carboxylic acids is 3. The van der Waals surface area contributed by atoms with Crippen LogP contribution in [0.5, 0.6) is 5.75 Å². The van der Waals surface area contributed by atoms with E-state index < -0.39 is 29.1 Å². The van der Waals surface area contributed by atoms with E-state index in [1.54, 1.807) is 57.4 Å². The lowest BCUT2D eigenvalue weighted by molar-refractivity contribution is -0.144. The summed E-state index contributed by atoms with van der Waals surface area (Å²) < 4.78 is 11.5. The van der Waals surface area contributed by atoms with E-state index in [4.69, 9.17) is 9.47 Å². The number of para-hydroxylation sites is 1. The van der Waals surface area contributed by atoms with E-state index in [1.807, 2.05) is 37.3 Å². The quantitative estimate of drug-likeness (QED) is 0.280. The fraction of sp³-hybridized carbons (Fsp3) is 0.419. The molecule has 1 aliphatic rings. The van der Waals surface area contributed by atoms with Gasteiger partial charge in [-0.1, -0.05) is 18.2 Å². The van der Waals surface area contributed by atoms with Gasteiger partial charge in [0, 0.05) is 41.3 Å². The Hall–Kier alpha value is -4.18. The van der Waals surface area contributed by atoms with Crippen LogP contribution in [-0.2, 0) is 16.1 Å². The molecule has 1 saturated heterocycles. The van der Waals surface area contributed by atoms with Gasteiger partial charge in [0.1, 0.15) is 18.0 Å². The highest BCUT2D eigenvalue weighted by Crippen LogP contribution is 2.36. The highest BCUT2D eigenvalue weighted by molar-refractivity contribution is 5.95. The van der Waals surface area contributed by atoms with Gasteiger partial charge in [-0.25, -0.2) is 10.3 Å². The number of piperidine rings is 1. The van der Waals surface area contributed by atoms with Gasteiger partial charge < -0.3 is 19.7 Å². The normalized spacial score (nSPS) is 15.6. The minimum Gasteiger partial charge on any atom is -0.489 e. The second-order valence-electron chi connectivity index (χ2n) is 11.5. The van der Waals surface area contributed by atoms with Gasteiger partial charge in [0.05, 0.1) is 10.9 Å². The maximum atomic E-state index is 13.1. The number of benzene rings is 2. The summed E-state index contributed by atoms with van der Waals surface area (Å²) in [7, 11) is 0. The van der Waals surface area contributed by atoms with E-state index >= 15 is 0 Å². The smallest absolute Gasteiger partial charge is 0.410 e. The van der Waals surface area contributed by atoms with Gasteiger partial charge in [-0.3, -0.25) is 19.8 Å². The minimum absolute atomic E-state index is 0.246. The predicted molar refractivity (Wildman–Crippen MR) is 154 cm³/mol. The highest BCUT2D eigenvalue weighted by Gasteiger charge is 2.47. The van der Waals surface area contributed by atoms with Crippen LogP contribution in [0.3, 0.4) is 0 Å². The molecule has 41 heavy (non-hydrogen) atoms. The maximum Gasteiger partial charge on any atom is 0.410 e. The van der Waals surface area contributed by atoms with Gasteiger partial charge in [0.2, 0.25) is 0 Å². The van der Waals surface area contributed by atoms with Crippen molar-refractivity contribution in [1.82, 2.24) is 20.7 Å². The van der Waals surface area contributed by atoms with E-state index in [-0.39, 0.29) is 31.8 Å². The molecular formula is C31H38N4O6. The molecule has 0 radical (unpaired) electrons. The lowest BCUT2D eigenvalue weighted by atomic mass is 9.72. The first-order valence-electron chi connectivity index (χ1n) is 13.7. The van der Waals surface area contributed by atoms with Crippen LogP contribution in [0.25, 0.3) is 10.9 Å². The maximum absolute atomic E-state index is 13.1. The van der Waals surface area contributed by atoms with Crippen LogP contribution in [0, 0.1) is 12.3 Å². The monoisotopic (exact) mass is 562 g/mol. The molecule has 0 saturated carbocycles. The van der Waals surface area contributed by atoms with Crippen molar-refractivity contribution in [3.63, 3.8) is 0 Å². The molecule has 10 nitrogen and oxygen atoms in total. The zero-order valence-corrected chi connectivity index (χ0v) is 24.2. The third-order valence-electron chi connectivity index (χ3n) is 7.48. The van der Waals surface area contributed by atoms with Crippen LogP contribution < -0.4 is 15.5 Å². The molecule has 1 unspecified atom stereocenters. The van der Waals surface area contributed by atoms with Crippen molar-refractivity contribution >= 4 is 28.8 Å². The summed E-state index contributed by atoms with van der Waals surface area (Å²) in [5, 5.41) is 13.4. The lowest BCUT2D eigenvalue weighted by Crippen LogP contribution is -2.59. The van der Waals surface area contributed by atoms with Gasteiger partial charge in [-0.2, -0.15) is 0 Å². The Kier molecular flexibility index (Phi) is 8.82. The number of hydrogen-bond donors (Lipinski definition) is 3. The third-order valence-corrected chi connectivity index (χ3v) is 7.48. The van der Waals surface area contributed by atoms with E-state index in [9.17, 15) is 19.6 Å². The van der Waals surface area contributed by atoms with Crippen LogP contribution in [0.2, 0.25) is 0 Å². The molecule has 0 aliphatic carbocycles. The number of carbonyl (C=O) groups is 3. The molecule has 2 aromatic carbocycles. The zero-order valence-electron chi connectivity index (χ0n) is 24.2. The Balaban J connectivity index is 1.39. The standard InChI is InChI=1S/C31H38N4O6/c1-20-18-23(25-8-6-7-9-26(25)32-20)19-40-24-12-10-22(11-13-24)27(36)33-21(2)31(28(37)34-39)14-16-35(17-15-31)29(38)41-30(3,4)5/h6-13,18,21,39H,14-17,19H2,1-5H3,(H,33,36)(H,34,37). The molecule has 0 spiro atoms. The number of aromatic nitrogens is 1. The van der Waals surface area contributed by atoms with Crippen molar-refractivity contribution in [3.05, 3.63) is 71.4 Å². The molecule has 0 bridgehead atoms. The summed E-state index contributed by atoms with van der Waals surface area (Å²) in [5.41, 5.74) is 3.27. The number of ether oxygens (including phenoxy) is 2. The first-order valence-corrected chi connectivity index (χ1v) is 13.7. The Morgan fingerprint density at radius 1 is 1.07 bits per heavy atom. The van der Waals surface area contributed by atoms with E-state index in [1.165, 1.54) is 4.90 Å². The third kappa shape index (κ3) is 6.94. The number of rotatable bonds is 7. The summed E-state index contributed by atoms with van der Waals surface area (Å²) in [6.07, 6.45) is 0.0354. The number of hydroxylamine groups is 1.